The van der Waals surface area contributed by atoms with Crippen molar-refractivity contribution in [3.8, 4) is 0 Å². The molecule has 0 fully saturated rings. The molecule has 0 radical (unpaired) electrons. The molecule has 4 heavy (non-hydrogen) atoms. The zero-order chi connectivity index (χ0) is 3.41. The van der Waals surface area contributed by atoms with Gasteiger partial charge in [0, 0.05) is 0 Å². The summed E-state index contributed by atoms with van der Waals surface area (Å²) in [6.07, 6.45) is 0. The molecule has 0 amide bonds. The summed E-state index contributed by atoms with van der Waals surface area (Å²) in [6, 6.07) is 0. The normalized spacial score (nSPS) is 5.25. The summed E-state index contributed by atoms with van der Waals surface area (Å²) < 4.78 is 12.1. The molecule has 0 spiro atoms. The highest BCUT2D eigenvalue weighted by molar-refractivity contribution is 14.1. The van der Waals surface area contributed by atoms with E-state index < -0.39 is 0 Å². The first-order valence-electron chi connectivity index (χ1n) is 0.518. The molecule has 0 N–H and O–H groups in total. The summed E-state index contributed by atoms with van der Waals surface area (Å²) in [7, 11) is 0. The Morgan fingerprint density at radius 3 is 2.25 bits per heavy atom. The second-order valence-corrected chi connectivity index (χ2v) is 1.61. The maximum Gasteiger partial charge on any atom is 0.210 e. The zero-order valence-electron chi connectivity index (χ0n) is 1.64. The van der Waals surface area contributed by atoms with Crippen LogP contribution in [0.2, 0.25) is 0 Å². The lowest BCUT2D eigenvalue weighted by Gasteiger charge is -1.30. The van der Waals surface area contributed by atoms with Gasteiger partial charge >= 0.3 is 0 Å². The molecule has 0 saturated heterocycles. The number of hydrogen-bond acceptors (Lipinski definition) is 2. The van der Waals surface area contributed by atoms with E-state index in [1.165, 1.54) is 0 Å². The van der Waals surface area contributed by atoms with Crippen LogP contribution in [0.3, 0.4) is 0 Å². The minimum absolute atomic E-state index is 0.218. The van der Waals surface area contributed by atoms with E-state index in [1.54, 1.807) is 22.9 Å². The first-order valence-corrected chi connectivity index (χ1v) is 2.18. The molecule has 0 bridgehead atoms. The van der Waals surface area contributed by atoms with Gasteiger partial charge in [0.2, 0.25) is 11.5 Å². The van der Waals surface area contributed by atoms with Gasteiger partial charge in [-0.25, -0.2) is 0 Å². The predicted octanol–water partition coefficient (Wildman–Crippen LogP) is 0.733. The molecule has 2 nitrogen and oxygen atoms in total. The van der Waals surface area contributed by atoms with Crippen LogP contribution < -0.4 is 0 Å². The Kier molecular flexibility index (Phi) is 4.04. The molecule has 0 aliphatic carbocycles. The third-order valence-electron chi connectivity index (χ3n) is 0.0282. The van der Waals surface area contributed by atoms with Crippen molar-refractivity contribution in [1.82, 2.24) is 0 Å². The predicted molar refractivity (Wildman–Crippen MR) is 24.6 cm³/mol. The molecule has 0 unspecified atom stereocenters. The molecule has 0 aromatic rings. The molecule has 0 rings (SSSR count). The fraction of sp³-hybridized carbons (Fsp3) is 0. The summed E-state index contributed by atoms with van der Waals surface area (Å²) in [5, 5.41) is 0. The van der Waals surface area contributed by atoms with Gasteiger partial charge in [-0.05, 0) is 0 Å². The maximum absolute atomic E-state index is 9.04. The van der Waals surface area contributed by atoms with Crippen LogP contribution in [-0.2, 0) is 11.5 Å². The summed E-state index contributed by atoms with van der Waals surface area (Å²) in [5.74, 6) is 0. The van der Waals surface area contributed by atoms with E-state index in [9.17, 15) is 0 Å². The van der Waals surface area contributed by atoms with E-state index in [1.807, 2.05) is 0 Å². The first-order chi connectivity index (χ1) is 1.91. The first kappa shape index (κ1) is 4.55. The summed E-state index contributed by atoms with van der Waals surface area (Å²) in [4.78, 5) is 0. The Morgan fingerprint density at radius 1 is 2.00 bits per heavy atom. The highest BCUT2D eigenvalue weighted by Crippen LogP contribution is 1.72. The second kappa shape index (κ2) is 3.55. The monoisotopic (exact) mass is 189 g/mol. The van der Waals surface area contributed by atoms with Crippen molar-refractivity contribution in [2.75, 3.05) is 0 Å². The van der Waals surface area contributed by atoms with Gasteiger partial charge < -0.3 is 0 Å². The van der Waals surface area contributed by atoms with Crippen molar-refractivity contribution in [1.29, 1.82) is 0 Å². The Morgan fingerprint density at radius 2 is 2.25 bits per heavy atom. The average Bonchev–Trinajstić information content (AvgIpc) is 1.37. The largest absolute Gasteiger partial charge is 0.210 e. The molecule has 0 aromatic heterocycles. The Balaban J connectivity index is 3.11. The van der Waals surface area contributed by atoms with Gasteiger partial charge in [-0.3, -0.25) is 0 Å². The molecule has 0 aliphatic rings. The Labute approximate surface area is 41.3 Å². The topological polar surface area (TPSA) is 29.4 Å². The highest BCUT2D eigenvalue weighted by Gasteiger charge is 1.33. The summed E-state index contributed by atoms with van der Waals surface area (Å²) >= 11 is 1.84. The SMILES string of the molecule is O=S=NI. The van der Waals surface area contributed by atoms with Crippen LogP contribution in [0.4, 0.5) is 0 Å². The quantitative estimate of drug-likeness (QED) is 0.516. The zero-order valence-corrected chi connectivity index (χ0v) is 4.62. The minimum atomic E-state index is 0.218. The van der Waals surface area contributed by atoms with Gasteiger partial charge in [-0.1, -0.05) is 0 Å². The molecule has 4 heteroatoms. The molecule has 0 atom stereocenters. The van der Waals surface area contributed by atoms with E-state index in [2.05, 4.69) is 2.58 Å². The Bertz CT molecular complexity index is 46.0. The lowest BCUT2D eigenvalue weighted by Crippen LogP contribution is -1.17. The molecule has 0 aliphatic heterocycles. The van der Waals surface area contributed by atoms with E-state index in [4.69, 9.17) is 4.21 Å². The molecule has 0 heterocycles. The van der Waals surface area contributed by atoms with Gasteiger partial charge in [0.25, 0.3) is 0 Å². The minimum Gasteiger partial charge on any atom is -0.190 e. The number of hydrogen-bond donors (Lipinski definition) is 0. The lowest BCUT2D eigenvalue weighted by atomic mass is 14.0. The molecule has 0 saturated carbocycles. The highest BCUT2D eigenvalue weighted by atomic mass is 127. The van der Waals surface area contributed by atoms with E-state index in [-0.39, 0.29) is 11.5 Å². The summed E-state index contributed by atoms with van der Waals surface area (Å²) in [5.41, 5.74) is 0. The fourth-order valence-electron chi connectivity index (χ4n) is 0. The van der Waals surface area contributed by atoms with Crippen LogP contribution in [0.25, 0.3) is 0 Å². The fourth-order valence-corrected chi connectivity index (χ4v) is 0. The second-order valence-electron chi connectivity index (χ2n) is 0.144. The van der Waals surface area contributed by atoms with Crippen LogP contribution in [0, 0.1) is 0 Å². The van der Waals surface area contributed by atoms with Crippen molar-refractivity contribution >= 4 is 34.3 Å². The van der Waals surface area contributed by atoms with Crippen LogP contribution in [0.5, 0.6) is 0 Å². The van der Waals surface area contributed by atoms with Crippen molar-refractivity contribution in [2.24, 2.45) is 2.58 Å². The number of rotatable bonds is 0. The average molecular weight is 189 g/mol. The third-order valence-corrected chi connectivity index (χ3v) is 0.567. The molecular weight excluding hydrogens is 189 g/mol. The van der Waals surface area contributed by atoms with Gasteiger partial charge in [-0.2, -0.15) is 4.21 Å². The van der Waals surface area contributed by atoms with Gasteiger partial charge in [0.05, 0.1) is 0 Å². The third kappa shape index (κ3) is 2.55. The molecule has 0 aromatic carbocycles. The van der Waals surface area contributed by atoms with Crippen LogP contribution >= 0.6 is 22.9 Å². The van der Waals surface area contributed by atoms with E-state index >= 15 is 0 Å². The smallest absolute Gasteiger partial charge is 0.190 e. The van der Waals surface area contributed by atoms with E-state index in [0.29, 0.717) is 0 Å². The standard InChI is InChI=1S/INOS/c1-2-4-3. The van der Waals surface area contributed by atoms with Crippen molar-refractivity contribution < 1.29 is 4.21 Å². The molecule has 24 valence electrons. The Hall–Kier alpha value is 0.550. The van der Waals surface area contributed by atoms with Crippen LogP contribution in [0.15, 0.2) is 2.58 Å². The number of nitrogens with zero attached hydrogens (tertiary/aromatic N) is 1. The van der Waals surface area contributed by atoms with Crippen LogP contribution in [-0.4, -0.2) is 4.21 Å². The molecular formula is INOS. The van der Waals surface area contributed by atoms with Crippen molar-refractivity contribution in [3.05, 3.63) is 0 Å². The van der Waals surface area contributed by atoms with E-state index in [0.717, 1.165) is 0 Å². The maximum atomic E-state index is 9.04. The van der Waals surface area contributed by atoms with Crippen molar-refractivity contribution in [3.63, 3.8) is 0 Å². The van der Waals surface area contributed by atoms with Gasteiger partial charge in [-0.15, -0.1) is 2.58 Å². The van der Waals surface area contributed by atoms with Crippen molar-refractivity contribution in [2.45, 2.75) is 0 Å². The van der Waals surface area contributed by atoms with Gasteiger partial charge in [0.1, 0.15) is 22.9 Å². The number of halogens is 1. The van der Waals surface area contributed by atoms with Crippen LogP contribution in [0.1, 0.15) is 0 Å². The van der Waals surface area contributed by atoms with Gasteiger partial charge in [0.15, 0.2) is 0 Å². The lowest BCUT2D eigenvalue weighted by molar-refractivity contribution is 0.699. The summed E-state index contributed by atoms with van der Waals surface area (Å²) in [6.45, 7) is 0.